The van der Waals surface area contributed by atoms with E-state index < -0.39 is 6.10 Å². The van der Waals surface area contributed by atoms with E-state index in [9.17, 15) is 9.90 Å². The summed E-state index contributed by atoms with van der Waals surface area (Å²) in [6.07, 6.45) is 1.78. The molecule has 2 aromatic rings. The van der Waals surface area contributed by atoms with Crippen LogP contribution < -0.4 is 5.32 Å². The molecule has 106 valence electrons. The summed E-state index contributed by atoms with van der Waals surface area (Å²) in [5, 5.41) is 14.3. The van der Waals surface area contributed by atoms with Crippen molar-refractivity contribution in [3.63, 3.8) is 0 Å². The summed E-state index contributed by atoms with van der Waals surface area (Å²) in [5.74, 6) is 0.155. The van der Waals surface area contributed by atoms with Gasteiger partial charge in [0.15, 0.2) is 0 Å². The molecule has 2 N–H and O–H groups in total. The summed E-state index contributed by atoms with van der Waals surface area (Å²) < 4.78 is 0. The zero-order chi connectivity index (χ0) is 14.5. The minimum Gasteiger partial charge on any atom is -0.391 e. The van der Waals surface area contributed by atoms with Gasteiger partial charge in [-0.05, 0) is 23.8 Å². The van der Waals surface area contributed by atoms with Crippen LogP contribution in [0.15, 0.2) is 36.5 Å². The van der Waals surface area contributed by atoms with Gasteiger partial charge in [0.1, 0.15) is 5.69 Å². The van der Waals surface area contributed by atoms with E-state index in [2.05, 4.69) is 10.3 Å². The molecule has 0 aliphatic carbocycles. The molecule has 0 saturated heterocycles. The summed E-state index contributed by atoms with van der Waals surface area (Å²) in [7, 11) is 0. The molecule has 1 heterocycles. The Hall–Kier alpha value is -1.94. The molecular weight excluding hydrogens is 252 g/mol. The number of nitrogens with one attached hydrogen (secondary N) is 1. The topological polar surface area (TPSA) is 62.2 Å². The summed E-state index contributed by atoms with van der Waals surface area (Å²) in [6, 6.07) is 9.51. The Balaban J connectivity index is 2.08. The van der Waals surface area contributed by atoms with Crippen LogP contribution in [0.2, 0.25) is 0 Å². The molecule has 0 aliphatic rings. The van der Waals surface area contributed by atoms with Gasteiger partial charge in [0, 0.05) is 18.1 Å². The van der Waals surface area contributed by atoms with Gasteiger partial charge >= 0.3 is 0 Å². The van der Waals surface area contributed by atoms with Gasteiger partial charge in [-0.3, -0.25) is 9.78 Å². The Morgan fingerprint density at radius 1 is 1.30 bits per heavy atom. The normalized spacial score (nSPS) is 12.6. The summed E-state index contributed by atoms with van der Waals surface area (Å²) in [5.41, 5.74) is 0.403. The molecule has 0 bridgehead atoms. The van der Waals surface area contributed by atoms with Crippen molar-refractivity contribution in [3.8, 4) is 0 Å². The Kier molecular flexibility index (Phi) is 4.69. The number of fused-ring (bicyclic) bond motifs is 1. The Morgan fingerprint density at radius 3 is 2.80 bits per heavy atom. The molecule has 4 nitrogen and oxygen atoms in total. The van der Waals surface area contributed by atoms with Gasteiger partial charge in [-0.1, -0.05) is 38.1 Å². The smallest absolute Gasteiger partial charge is 0.270 e. The number of pyridine rings is 1. The van der Waals surface area contributed by atoms with E-state index in [1.54, 1.807) is 6.20 Å². The van der Waals surface area contributed by atoms with Crippen LogP contribution in [0.3, 0.4) is 0 Å². The first-order valence-electron chi connectivity index (χ1n) is 6.88. The van der Waals surface area contributed by atoms with Crippen molar-refractivity contribution in [2.24, 2.45) is 5.92 Å². The third-order valence-electron chi connectivity index (χ3n) is 3.13. The van der Waals surface area contributed by atoms with Gasteiger partial charge in [0.05, 0.1) is 6.10 Å². The van der Waals surface area contributed by atoms with E-state index >= 15 is 0 Å². The van der Waals surface area contributed by atoms with Crippen molar-refractivity contribution in [2.45, 2.75) is 26.4 Å². The van der Waals surface area contributed by atoms with Crippen LogP contribution in [0.25, 0.3) is 10.8 Å². The van der Waals surface area contributed by atoms with Crippen LogP contribution in [0.1, 0.15) is 30.8 Å². The van der Waals surface area contributed by atoms with E-state index in [0.717, 1.165) is 10.8 Å². The van der Waals surface area contributed by atoms with Crippen LogP contribution in [-0.4, -0.2) is 28.6 Å². The molecule has 2 rings (SSSR count). The predicted octanol–water partition coefficient (Wildman–Crippen LogP) is 2.37. The van der Waals surface area contributed by atoms with E-state index in [1.165, 1.54) is 0 Å². The van der Waals surface area contributed by atoms with Gasteiger partial charge in [0.2, 0.25) is 0 Å². The zero-order valence-corrected chi connectivity index (χ0v) is 11.8. The van der Waals surface area contributed by atoms with Crippen molar-refractivity contribution in [1.82, 2.24) is 10.3 Å². The Labute approximate surface area is 118 Å². The predicted molar refractivity (Wildman–Crippen MR) is 79.5 cm³/mol. The molecule has 1 atom stereocenters. The number of aliphatic hydroxyl groups excluding tert-OH is 1. The Bertz CT molecular complexity index is 591. The molecule has 1 aromatic carbocycles. The van der Waals surface area contributed by atoms with E-state index in [1.807, 2.05) is 44.2 Å². The number of aromatic nitrogens is 1. The van der Waals surface area contributed by atoms with Crippen molar-refractivity contribution in [2.75, 3.05) is 6.54 Å². The minimum absolute atomic E-state index is 0.246. The number of benzene rings is 1. The maximum Gasteiger partial charge on any atom is 0.270 e. The number of amides is 1. The number of aliphatic hydroxyl groups is 1. The third kappa shape index (κ3) is 3.54. The molecule has 0 radical (unpaired) electrons. The van der Waals surface area contributed by atoms with Crippen LogP contribution >= 0.6 is 0 Å². The van der Waals surface area contributed by atoms with E-state index in [-0.39, 0.29) is 12.5 Å². The van der Waals surface area contributed by atoms with Gasteiger partial charge in [-0.2, -0.15) is 0 Å². The highest BCUT2D eigenvalue weighted by Gasteiger charge is 2.13. The lowest BCUT2D eigenvalue weighted by Gasteiger charge is -2.14. The van der Waals surface area contributed by atoms with Gasteiger partial charge in [-0.25, -0.2) is 0 Å². The number of carbonyl (C=O) groups excluding carboxylic acids is 1. The molecule has 1 amide bonds. The third-order valence-corrected chi connectivity index (χ3v) is 3.13. The molecular formula is C16H20N2O2. The largest absolute Gasteiger partial charge is 0.391 e. The quantitative estimate of drug-likeness (QED) is 0.878. The number of hydrogen-bond donors (Lipinski definition) is 2. The lowest BCUT2D eigenvalue weighted by Crippen LogP contribution is -2.33. The average molecular weight is 272 g/mol. The highest BCUT2D eigenvalue weighted by atomic mass is 16.3. The maximum absolute atomic E-state index is 12.2. The van der Waals surface area contributed by atoms with Crippen LogP contribution in [0, 0.1) is 5.92 Å². The zero-order valence-electron chi connectivity index (χ0n) is 11.8. The number of carbonyl (C=O) groups is 1. The molecule has 1 unspecified atom stereocenters. The van der Waals surface area contributed by atoms with Gasteiger partial charge in [-0.15, -0.1) is 0 Å². The van der Waals surface area contributed by atoms with E-state index in [4.69, 9.17) is 0 Å². The van der Waals surface area contributed by atoms with Crippen LogP contribution in [-0.2, 0) is 0 Å². The highest BCUT2D eigenvalue weighted by molar-refractivity contribution is 6.05. The number of rotatable bonds is 5. The summed E-state index contributed by atoms with van der Waals surface area (Å²) in [4.78, 5) is 16.3. The van der Waals surface area contributed by atoms with E-state index in [0.29, 0.717) is 18.0 Å². The second-order valence-corrected chi connectivity index (χ2v) is 5.37. The molecule has 0 aliphatic heterocycles. The Morgan fingerprint density at radius 2 is 2.05 bits per heavy atom. The fourth-order valence-electron chi connectivity index (χ4n) is 2.22. The molecule has 0 saturated carbocycles. The van der Waals surface area contributed by atoms with Gasteiger partial charge < -0.3 is 10.4 Å². The summed E-state index contributed by atoms with van der Waals surface area (Å²) in [6.45, 7) is 4.33. The minimum atomic E-state index is -0.520. The maximum atomic E-state index is 12.2. The monoisotopic (exact) mass is 272 g/mol. The van der Waals surface area contributed by atoms with Crippen molar-refractivity contribution in [3.05, 3.63) is 42.2 Å². The second kappa shape index (κ2) is 6.48. The fourth-order valence-corrected chi connectivity index (χ4v) is 2.22. The highest BCUT2D eigenvalue weighted by Crippen LogP contribution is 2.16. The number of nitrogens with zero attached hydrogens (tertiary/aromatic N) is 1. The van der Waals surface area contributed by atoms with Gasteiger partial charge in [0.25, 0.3) is 5.91 Å². The average Bonchev–Trinajstić information content (AvgIpc) is 2.43. The standard InChI is InChI=1S/C16H20N2O2/c1-11(2)9-13(19)10-18-16(20)15-14-6-4-3-5-12(14)7-8-17-15/h3-8,11,13,19H,9-10H2,1-2H3,(H,18,20). The molecule has 4 heteroatoms. The number of hydrogen-bond acceptors (Lipinski definition) is 3. The van der Waals surface area contributed by atoms with Crippen LogP contribution in [0.4, 0.5) is 0 Å². The molecule has 20 heavy (non-hydrogen) atoms. The van der Waals surface area contributed by atoms with Crippen LogP contribution in [0.5, 0.6) is 0 Å². The first-order valence-corrected chi connectivity index (χ1v) is 6.88. The fraction of sp³-hybridized carbons (Fsp3) is 0.375. The van der Waals surface area contributed by atoms with Crippen molar-refractivity contribution >= 4 is 16.7 Å². The SMILES string of the molecule is CC(C)CC(O)CNC(=O)c1nccc2ccccc12. The molecule has 1 aromatic heterocycles. The first-order chi connectivity index (χ1) is 9.58. The second-order valence-electron chi connectivity index (χ2n) is 5.37. The molecule has 0 fully saturated rings. The lowest BCUT2D eigenvalue weighted by atomic mass is 10.1. The lowest BCUT2D eigenvalue weighted by molar-refractivity contribution is 0.0897. The first kappa shape index (κ1) is 14.5. The van der Waals surface area contributed by atoms with Crippen molar-refractivity contribution in [1.29, 1.82) is 0 Å². The van der Waals surface area contributed by atoms with Crippen molar-refractivity contribution < 1.29 is 9.90 Å². The summed E-state index contributed by atoms with van der Waals surface area (Å²) >= 11 is 0. The molecule has 0 spiro atoms.